The van der Waals surface area contributed by atoms with Gasteiger partial charge in [-0.3, -0.25) is 4.79 Å². The molecular weight excluding hydrogens is 248 g/mol. The molecule has 0 aromatic carbocycles. The predicted octanol–water partition coefficient (Wildman–Crippen LogP) is 2.66. The fraction of sp³-hybridized carbons (Fsp3) is 0.941. The van der Waals surface area contributed by atoms with Gasteiger partial charge in [-0.15, -0.1) is 0 Å². The molecule has 1 saturated carbocycles. The Labute approximate surface area is 123 Å². The molecule has 1 amide bonds. The smallest absolute Gasteiger partial charge is 0.226 e. The van der Waals surface area contributed by atoms with Crippen LogP contribution in [0, 0.1) is 22.2 Å². The molecule has 3 rings (SSSR count). The standard InChI is InChI=1S/C17H30N2O/c1-15(2)13(16(15,3)4)14(20)19-11-7-17(8-12-19)5-9-18-10-6-17/h13,18H,5-12H2,1-4H3. The minimum Gasteiger partial charge on any atom is -0.342 e. The maximum Gasteiger partial charge on any atom is 0.226 e. The number of carbonyl (C=O) groups is 1. The van der Waals surface area contributed by atoms with Crippen LogP contribution in [0.1, 0.15) is 53.4 Å². The van der Waals surface area contributed by atoms with E-state index in [0.29, 0.717) is 11.3 Å². The second kappa shape index (κ2) is 4.46. The van der Waals surface area contributed by atoms with Gasteiger partial charge in [0.1, 0.15) is 0 Å². The number of piperidine rings is 2. The lowest BCUT2D eigenvalue weighted by atomic mass is 9.71. The molecule has 0 unspecified atom stereocenters. The van der Waals surface area contributed by atoms with Crippen LogP contribution >= 0.6 is 0 Å². The Balaban J connectivity index is 1.60. The van der Waals surface area contributed by atoms with Crippen LogP contribution in [0.15, 0.2) is 0 Å². The summed E-state index contributed by atoms with van der Waals surface area (Å²) in [5.41, 5.74) is 0.887. The van der Waals surface area contributed by atoms with Gasteiger partial charge in [-0.05, 0) is 55.0 Å². The highest BCUT2D eigenvalue weighted by molar-refractivity contribution is 5.84. The van der Waals surface area contributed by atoms with Crippen molar-refractivity contribution in [1.82, 2.24) is 10.2 Å². The average Bonchev–Trinajstić information content (AvgIpc) is 2.81. The zero-order valence-electron chi connectivity index (χ0n) is 13.6. The lowest BCUT2D eigenvalue weighted by molar-refractivity contribution is -0.136. The van der Waals surface area contributed by atoms with Crippen LogP contribution in [0.4, 0.5) is 0 Å². The molecule has 114 valence electrons. The molecule has 0 atom stereocenters. The van der Waals surface area contributed by atoms with Crippen molar-refractivity contribution >= 4 is 5.91 Å². The first-order chi connectivity index (χ1) is 9.30. The third kappa shape index (κ3) is 2.01. The Kier molecular flexibility index (Phi) is 3.20. The van der Waals surface area contributed by atoms with Crippen LogP contribution in [-0.2, 0) is 4.79 Å². The summed E-state index contributed by atoms with van der Waals surface area (Å²) in [4.78, 5) is 14.9. The molecule has 3 nitrogen and oxygen atoms in total. The third-order valence-corrected chi connectivity index (χ3v) is 7.07. The van der Waals surface area contributed by atoms with Gasteiger partial charge in [-0.2, -0.15) is 0 Å². The number of likely N-dealkylation sites (tertiary alicyclic amines) is 1. The molecule has 1 N–H and O–H groups in total. The number of rotatable bonds is 1. The maximum absolute atomic E-state index is 12.8. The Morgan fingerprint density at radius 1 is 0.950 bits per heavy atom. The minimum atomic E-state index is 0.175. The quantitative estimate of drug-likeness (QED) is 0.800. The number of amides is 1. The summed E-state index contributed by atoms with van der Waals surface area (Å²) in [6.45, 7) is 13.3. The fourth-order valence-corrected chi connectivity index (χ4v) is 4.65. The molecule has 3 aliphatic rings. The topological polar surface area (TPSA) is 32.3 Å². The van der Waals surface area contributed by atoms with Gasteiger partial charge in [0.05, 0.1) is 0 Å². The van der Waals surface area contributed by atoms with Crippen LogP contribution < -0.4 is 5.32 Å². The molecule has 1 spiro atoms. The van der Waals surface area contributed by atoms with Crippen molar-refractivity contribution in [2.45, 2.75) is 53.4 Å². The molecule has 0 aromatic heterocycles. The van der Waals surface area contributed by atoms with Crippen molar-refractivity contribution in [3.8, 4) is 0 Å². The van der Waals surface area contributed by atoms with E-state index in [0.717, 1.165) is 26.2 Å². The molecular formula is C17H30N2O. The summed E-state index contributed by atoms with van der Waals surface area (Å²) in [6, 6.07) is 0. The van der Waals surface area contributed by atoms with E-state index in [1.165, 1.54) is 25.7 Å². The summed E-state index contributed by atoms with van der Waals surface area (Å²) in [5.74, 6) is 0.654. The van der Waals surface area contributed by atoms with Gasteiger partial charge in [0.15, 0.2) is 0 Å². The maximum atomic E-state index is 12.8. The van der Waals surface area contributed by atoms with Gasteiger partial charge in [0, 0.05) is 19.0 Å². The zero-order chi connectivity index (χ0) is 14.6. The first-order valence-electron chi connectivity index (χ1n) is 8.30. The Morgan fingerprint density at radius 2 is 1.45 bits per heavy atom. The molecule has 2 saturated heterocycles. The molecule has 0 bridgehead atoms. The molecule has 0 radical (unpaired) electrons. The van der Waals surface area contributed by atoms with Crippen LogP contribution in [0.5, 0.6) is 0 Å². The highest BCUT2D eigenvalue weighted by Gasteiger charge is 2.68. The molecule has 3 fully saturated rings. The van der Waals surface area contributed by atoms with Crippen LogP contribution in [0.2, 0.25) is 0 Å². The fourth-order valence-electron chi connectivity index (χ4n) is 4.65. The lowest BCUT2D eigenvalue weighted by Gasteiger charge is -2.44. The molecule has 2 heterocycles. The van der Waals surface area contributed by atoms with Crippen molar-refractivity contribution in [3.05, 3.63) is 0 Å². The van der Waals surface area contributed by atoms with E-state index in [1.807, 2.05) is 0 Å². The van der Waals surface area contributed by atoms with Crippen LogP contribution in [0.3, 0.4) is 0 Å². The van der Waals surface area contributed by atoms with Gasteiger partial charge in [-0.1, -0.05) is 27.7 Å². The SMILES string of the molecule is CC1(C)C(C(=O)N2CCC3(CCNCC3)CC2)C1(C)C. The van der Waals surface area contributed by atoms with E-state index in [2.05, 4.69) is 37.9 Å². The van der Waals surface area contributed by atoms with E-state index < -0.39 is 0 Å². The summed E-state index contributed by atoms with van der Waals surface area (Å²) >= 11 is 0. The molecule has 1 aliphatic carbocycles. The van der Waals surface area contributed by atoms with Gasteiger partial charge >= 0.3 is 0 Å². The van der Waals surface area contributed by atoms with Gasteiger partial charge in [0.2, 0.25) is 5.91 Å². The summed E-state index contributed by atoms with van der Waals surface area (Å²) < 4.78 is 0. The van der Waals surface area contributed by atoms with E-state index >= 15 is 0 Å². The first kappa shape index (κ1) is 14.4. The first-order valence-corrected chi connectivity index (χ1v) is 8.30. The summed E-state index contributed by atoms with van der Waals surface area (Å²) in [7, 11) is 0. The van der Waals surface area contributed by atoms with Gasteiger partial charge in [0.25, 0.3) is 0 Å². The number of carbonyl (C=O) groups excluding carboxylic acids is 1. The number of hydrogen-bond acceptors (Lipinski definition) is 2. The normalized spacial score (nSPS) is 31.3. The van der Waals surface area contributed by atoms with E-state index in [-0.39, 0.29) is 16.7 Å². The Hall–Kier alpha value is -0.570. The molecule has 2 aliphatic heterocycles. The summed E-state index contributed by atoms with van der Waals surface area (Å²) in [5, 5.41) is 3.46. The van der Waals surface area contributed by atoms with E-state index in [1.54, 1.807) is 0 Å². The van der Waals surface area contributed by atoms with Crippen molar-refractivity contribution in [2.24, 2.45) is 22.2 Å². The minimum absolute atomic E-state index is 0.175. The Morgan fingerprint density at radius 3 is 1.90 bits per heavy atom. The predicted molar refractivity (Wildman–Crippen MR) is 81.4 cm³/mol. The van der Waals surface area contributed by atoms with Crippen molar-refractivity contribution in [3.63, 3.8) is 0 Å². The summed E-state index contributed by atoms with van der Waals surface area (Å²) in [6.07, 6.45) is 5.03. The van der Waals surface area contributed by atoms with Gasteiger partial charge in [-0.25, -0.2) is 0 Å². The zero-order valence-corrected chi connectivity index (χ0v) is 13.6. The molecule has 3 heteroatoms. The lowest BCUT2D eigenvalue weighted by Crippen LogP contribution is -2.48. The van der Waals surface area contributed by atoms with Crippen LogP contribution in [-0.4, -0.2) is 37.0 Å². The third-order valence-electron chi connectivity index (χ3n) is 7.07. The number of nitrogens with zero attached hydrogens (tertiary/aromatic N) is 1. The molecule has 0 aromatic rings. The van der Waals surface area contributed by atoms with E-state index in [9.17, 15) is 4.79 Å². The Bertz CT molecular complexity index is 383. The highest BCUT2D eigenvalue weighted by Crippen LogP contribution is 2.68. The average molecular weight is 278 g/mol. The number of nitrogens with one attached hydrogen (secondary N) is 1. The second-order valence-electron chi connectivity index (χ2n) is 8.45. The van der Waals surface area contributed by atoms with Crippen LogP contribution in [0.25, 0.3) is 0 Å². The van der Waals surface area contributed by atoms with Crippen molar-refractivity contribution < 1.29 is 4.79 Å². The second-order valence-corrected chi connectivity index (χ2v) is 8.45. The van der Waals surface area contributed by atoms with Crippen molar-refractivity contribution in [1.29, 1.82) is 0 Å². The molecule has 20 heavy (non-hydrogen) atoms. The van der Waals surface area contributed by atoms with Crippen molar-refractivity contribution in [2.75, 3.05) is 26.2 Å². The van der Waals surface area contributed by atoms with E-state index in [4.69, 9.17) is 0 Å². The largest absolute Gasteiger partial charge is 0.342 e. The highest BCUT2D eigenvalue weighted by atomic mass is 16.2. The van der Waals surface area contributed by atoms with Gasteiger partial charge < -0.3 is 10.2 Å². The monoisotopic (exact) mass is 278 g/mol. The number of hydrogen-bond donors (Lipinski definition) is 1.